The number of hydrogen-bond donors (Lipinski definition) is 1. The van der Waals surface area contributed by atoms with Crippen LogP contribution in [-0.2, 0) is 9.53 Å². The van der Waals surface area contributed by atoms with Gasteiger partial charge in [0.1, 0.15) is 11.3 Å². The van der Waals surface area contributed by atoms with E-state index in [-0.39, 0.29) is 12.0 Å². The molecule has 1 heterocycles. The van der Waals surface area contributed by atoms with E-state index < -0.39 is 0 Å². The molecule has 5 nitrogen and oxygen atoms in total. The van der Waals surface area contributed by atoms with E-state index in [9.17, 15) is 4.79 Å². The molecule has 3 aromatic rings. The van der Waals surface area contributed by atoms with Crippen LogP contribution in [0.3, 0.4) is 0 Å². The third kappa shape index (κ3) is 6.53. The summed E-state index contributed by atoms with van der Waals surface area (Å²) in [6.45, 7) is 9.44. The lowest BCUT2D eigenvalue weighted by atomic mass is 9.99. The van der Waals surface area contributed by atoms with Crippen molar-refractivity contribution in [2.75, 3.05) is 19.8 Å². The number of nitrogens with one attached hydrogen (secondary N) is 1. The maximum atomic E-state index is 12.5. The van der Waals surface area contributed by atoms with Crippen molar-refractivity contribution in [3.8, 4) is 16.9 Å². The maximum Gasteiger partial charge on any atom is 0.244 e. The summed E-state index contributed by atoms with van der Waals surface area (Å²) in [5.41, 5.74) is 3.93. The number of ether oxygens (including phenoxy) is 2. The summed E-state index contributed by atoms with van der Waals surface area (Å²) in [5, 5.41) is 4.88. The highest BCUT2D eigenvalue weighted by Crippen LogP contribution is 2.40. The number of carbonyl (C=O) groups excluding carboxylic acids is 1. The van der Waals surface area contributed by atoms with E-state index in [1.807, 2.05) is 45.9 Å². The first-order chi connectivity index (χ1) is 15.8. The number of fused-ring (bicyclic) bond motifs is 1. The van der Waals surface area contributed by atoms with Gasteiger partial charge in [0.2, 0.25) is 5.91 Å². The van der Waals surface area contributed by atoms with Crippen LogP contribution in [0.4, 0.5) is 0 Å². The van der Waals surface area contributed by atoms with Gasteiger partial charge in [-0.15, -0.1) is 0 Å². The fourth-order valence-corrected chi connectivity index (χ4v) is 3.99. The number of furan rings is 1. The first-order valence-electron chi connectivity index (χ1n) is 11.0. The Morgan fingerprint density at radius 2 is 1.97 bits per heavy atom. The second-order valence-corrected chi connectivity index (χ2v) is 8.79. The predicted octanol–water partition coefficient (Wildman–Crippen LogP) is 7.14. The van der Waals surface area contributed by atoms with Crippen molar-refractivity contribution >= 4 is 45.7 Å². The fourth-order valence-electron chi connectivity index (χ4n) is 3.48. The van der Waals surface area contributed by atoms with Gasteiger partial charge in [0.25, 0.3) is 0 Å². The lowest BCUT2D eigenvalue weighted by Crippen LogP contribution is -2.23. The Kier molecular flexibility index (Phi) is 8.84. The normalized spacial score (nSPS) is 11.9. The van der Waals surface area contributed by atoms with Crippen LogP contribution in [0.2, 0.25) is 10.0 Å². The molecule has 0 unspecified atom stereocenters. The zero-order chi connectivity index (χ0) is 24.0. The first kappa shape index (κ1) is 25.2. The summed E-state index contributed by atoms with van der Waals surface area (Å²) in [4.78, 5) is 12.5. The molecule has 0 radical (unpaired) electrons. The molecule has 0 aliphatic carbocycles. The fraction of sp³-hybridized carbons (Fsp3) is 0.346. The van der Waals surface area contributed by atoms with Crippen molar-refractivity contribution in [3.05, 3.63) is 58.3 Å². The van der Waals surface area contributed by atoms with E-state index in [4.69, 9.17) is 37.1 Å². The van der Waals surface area contributed by atoms with Crippen LogP contribution in [0.5, 0.6) is 5.75 Å². The molecule has 176 valence electrons. The van der Waals surface area contributed by atoms with Crippen LogP contribution in [0.15, 0.2) is 47.1 Å². The number of benzene rings is 2. The molecule has 0 spiro atoms. The van der Waals surface area contributed by atoms with Crippen LogP contribution in [0, 0.1) is 0 Å². The van der Waals surface area contributed by atoms with E-state index in [0.717, 1.165) is 34.1 Å². The van der Waals surface area contributed by atoms with Crippen molar-refractivity contribution in [2.24, 2.45) is 0 Å². The number of allylic oxidation sites excluding steroid dienone is 1. The molecule has 0 fully saturated rings. The molecule has 33 heavy (non-hydrogen) atoms. The van der Waals surface area contributed by atoms with E-state index >= 15 is 0 Å². The van der Waals surface area contributed by atoms with E-state index in [1.165, 1.54) is 0 Å². The second kappa shape index (κ2) is 11.6. The Hall–Kier alpha value is -2.47. The molecule has 1 amide bonds. The molecular formula is C26H29Cl2NO4. The summed E-state index contributed by atoms with van der Waals surface area (Å²) < 4.78 is 17.2. The van der Waals surface area contributed by atoms with Crippen LogP contribution >= 0.6 is 23.2 Å². The van der Waals surface area contributed by atoms with Gasteiger partial charge in [-0.1, -0.05) is 29.3 Å². The molecule has 1 N–H and O–H groups in total. The van der Waals surface area contributed by atoms with Gasteiger partial charge >= 0.3 is 0 Å². The van der Waals surface area contributed by atoms with E-state index in [2.05, 4.69) is 5.32 Å². The standard InChI is InChI=1S/C26H29Cl2NO4/c1-5-31-24-14-25-21(22(15-33-25)19-8-7-18(27)12-23(19)28)13-20(24)17(4)11-26(30)29-9-6-10-32-16(2)3/h7-8,11-16H,5-6,9-10H2,1-4H3,(H,29,30)/b17-11+. The van der Waals surface area contributed by atoms with Gasteiger partial charge in [0, 0.05) is 52.4 Å². The lowest BCUT2D eigenvalue weighted by molar-refractivity contribution is -0.116. The quantitative estimate of drug-likeness (QED) is 0.242. The first-order valence-corrected chi connectivity index (χ1v) is 11.8. The number of hydrogen-bond acceptors (Lipinski definition) is 4. The Labute approximate surface area is 204 Å². The SMILES string of the molecule is CCOc1cc2occ(-c3ccc(Cl)cc3Cl)c2cc1/C(C)=C/C(=O)NCCCOC(C)C. The molecule has 0 saturated heterocycles. The van der Waals surface area contributed by atoms with Gasteiger partial charge < -0.3 is 19.2 Å². The highest BCUT2D eigenvalue weighted by molar-refractivity contribution is 6.36. The summed E-state index contributed by atoms with van der Waals surface area (Å²) in [5.74, 6) is 0.493. The zero-order valence-electron chi connectivity index (χ0n) is 19.3. The average molecular weight is 490 g/mol. The molecule has 1 aromatic heterocycles. The minimum atomic E-state index is -0.159. The predicted molar refractivity (Wildman–Crippen MR) is 135 cm³/mol. The lowest BCUT2D eigenvalue weighted by Gasteiger charge is -2.12. The van der Waals surface area contributed by atoms with Gasteiger partial charge in [-0.25, -0.2) is 0 Å². The van der Waals surface area contributed by atoms with Crippen LogP contribution in [-0.4, -0.2) is 31.8 Å². The number of halogens is 2. The number of carbonyl (C=O) groups is 1. The maximum absolute atomic E-state index is 12.5. The highest BCUT2D eigenvalue weighted by atomic mass is 35.5. The molecule has 3 rings (SSSR count). The molecule has 0 aliphatic rings. The minimum Gasteiger partial charge on any atom is -0.493 e. The molecule has 2 aromatic carbocycles. The molecule has 0 atom stereocenters. The van der Waals surface area contributed by atoms with Crippen molar-refractivity contribution in [1.29, 1.82) is 0 Å². The Morgan fingerprint density at radius 3 is 2.67 bits per heavy atom. The van der Waals surface area contributed by atoms with Crippen molar-refractivity contribution < 1.29 is 18.7 Å². The molecule has 7 heteroatoms. The topological polar surface area (TPSA) is 60.7 Å². The average Bonchev–Trinajstić information content (AvgIpc) is 3.15. The van der Waals surface area contributed by atoms with Gasteiger partial charge in [0.15, 0.2) is 0 Å². The smallest absolute Gasteiger partial charge is 0.244 e. The Morgan fingerprint density at radius 1 is 1.18 bits per heavy atom. The Balaban J connectivity index is 1.89. The molecule has 0 bridgehead atoms. The summed E-state index contributed by atoms with van der Waals surface area (Å²) in [6, 6.07) is 9.18. The van der Waals surface area contributed by atoms with Crippen molar-refractivity contribution in [1.82, 2.24) is 5.32 Å². The summed E-state index contributed by atoms with van der Waals surface area (Å²) in [6.07, 6.45) is 4.20. The highest BCUT2D eigenvalue weighted by Gasteiger charge is 2.17. The van der Waals surface area contributed by atoms with Crippen LogP contribution in [0.25, 0.3) is 27.7 Å². The monoisotopic (exact) mass is 489 g/mol. The number of amides is 1. The van der Waals surface area contributed by atoms with Gasteiger partial charge in [0.05, 0.1) is 24.0 Å². The molecule has 0 saturated carbocycles. The number of rotatable bonds is 10. The van der Waals surface area contributed by atoms with Crippen LogP contribution < -0.4 is 10.1 Å². The van der Waals surface area contributed by atoms with E-state index in [1.54, 1.807) is 24.5 Å². The summed E-state index contributed by atoms with van der Waals surface area (Å²) >= 11 is 12.5. The van der Waals surface area contributed by atoms with E-state index in [0.29, 0.717) is 41.1 Å². The minimum absolute atomic E-state index is 0.159. The van der Waals surface area contributed by atoms with Gasteiger partial charge in [-0.05, 0) is 57.9 Å². The third-order valence-electron chi connectivity index (χ3n) is 5.04. The van der Waals surface area contributed by atoms with Crippen LogP contribution in [0.1, 0.15) is 39.7 Å². The van der Waals surface area contributed by atoms with Gasteiger partial charge in [-0.2, -0.15) is 0 Å². The largest absolute Gasteiger partial charge is 0.493 e. The second-order valence-electron chi connectivity index (χ2n) is 7.94. The van der Waals surface area contributed by atoms with Crippen molar-refractivity contribution in [2.45, 2.75) is 40.2 Å². The van der Waals surface area contributed by atoms with Gasteiger partial charge in [-0.3, -0.25) is 4.79 Å². The summed E-state index contributed by atoms with van der Waals surface area (Å²) in [7, 11) is 0. The molecular weight excluding hydrogens is 461 g/mol. The van der Waals surface area contributed by atoms with Crippen molar-refractivity contribution in [3.63, 3.8) is 0 Å². The Bertz CT molecular complexity index is 1150. The third-order valence-corrected chi connectivity index (χ3v) is 5.59. The zero-order valence-corrected chi connectivity index (χ0v) is 20.8. The molecule has 0 aliphatic heterocycles.